The fraction of sp³-hybridized carbons (Fsp3) is 0.273. The summed E-state index contributed by atoms with van der Waals surface area (Å²) in [6.45, 7) is 1.31. The van der Waals surface area contributed by atoms with Gasteiger partial charge in [0.1, 0.15) is 0 Å². The number of carbonyl (C=O) groups is 2. The molecule has 2 aromatic carbocycles. The summed E-state index contributed by atoms with van der Waals surface area (Å²) in [6, 6.07) is 17.4. The first-order valence-electron chi connectivity index (χ1n) is 9.99. The molecule has 1 atom stereocenters. The molecule has 4 rings (SSSR count). The SMILES string of the molecule is O=C(CSc1nnc(NC(=O)c2ccc(-c3ccccc3)cc2)s1)NC[C@H]1CCCO1. The Bertz CT molecular complexity index is 1020. The van der Waals surface area contributed by atoms with Crippen molar-refractivity contribution in [1.82, 2.24) is 15.5 Å². The normalized spacial score (nSPS) is 15.5. The van der Waals surface area contributed by atoms with Crippen molar-refractivity contribution < 1.29 is 14.3 Å². The Kier molecular flexibility index (Phi) is 7.29. The second-order valence-corrected chi connectivity index (χ2v) is 9.20. The van der Waals surface area contributed by atoms with Gasteiger partial charge in [-0.1, -0.05) is 65.6 Å². The number of nitrogens with zero attached hydrogens (tertiary/aromatic N) is 2. The number of aromatic nitrogens is 2. The number of carbonyl (C=O) groups excluding carboxylic acids is 2. The molecule has 1 aliphatic heterocycles. The minimum atomic E-state index is -0.249. The van der Waals surface area contributed by atoms with Crippen LogP contribution < -0.4 is 10.6 Å². The van der Waals surface area contributed by atoms with Crippen LogP contribution in [-0.4, -0.2) is 47.0 Å². The van der Waals surface area contributed by atoms with Crippen LogP contribution >= 0.6 is 23.1 Å². The molecule has 2 amide bonds. The van der Waals surface area contributed by atoms with Crippen LogP contribution in [0.5, 0.6) is 0 Å². The molecule has 160 valence electrons. The number of hydrogen-bond acceptors (Lipinski definition) is 7. The third kappa shape index (κ3) is 6.13. The number of anilines is 1. The lowest BCUT2D eigenvalue weighted by molar-refractivity contribution is -0.119. The summed E-state index contributed by atoms with van der Waals surface area (Å²) in [6.07, 6.45) is 2.16. The van der Waals surface area contributed by atoms with E-state index in [4.69, 9.17) is 4.74 Å². The Balaban J connectivity index is 1.25. The van der Waals surface area contributed by atoms with E-state index in [2.05, 4.69) is 20.8 Å². The lowest BCUT2D eigenvalue weighted by Gasteiger charge is -2.09. The molecule has 31 heavy (non-hydrogen) atoms. The maximum absolute atomic E-state index is 12.5. The van der Waals surface area contributed by atoms with Crippen LogP contribution in [0, 0.1) is 0 Å². The third-order valence-corrected chi connectivity index (χ3v) is 6.73. The van der Waals surface area contributed by atoms with Gasteiger partial charge in [-0.05, 0) is 36.1 Å². The average molecular weight is 455 g/mol. The van der Waals surface area contributed by atoms with E-state index in [9.17, 15) is 9.59 Å². The van der Waals surface area contributed by atoms with Crippen LogP contribution in [0.3, 0.4) is 0 Å². The molecule has 0 saturated carbocycles. The van der Waals surface area contributed by atoms with Gasteiger partial charge in [0.05, 0.1) is 11.9 Å². The van der Waals surface area contributed by atoms with Gasteiger partial charge in [-0.2, -0.15) is 0 Å². The minimum Gasteiger partial charge on any atom is -0.376 e. The standard InChI is InChI=1S/C22H22N4O3S2/c27-19(23-13-18-7-4-12-29-18)14-30-22-26-25-21(31-22)24-20(28)17-10-8-16(9-11-17)15-5-2-1-3-6-15/h1-3,5-6,8-11,18H,4,7,12-14H2,(H,23,27)(H,24,25,28)/t18-/m1/s1. The fourth-order valence-electron chi connectivity index (χ4n) is 3.14. The molecule has 1 aliphatic rings. The molecule has 0 aliphatic carbocycles. The molecule has 0 bridgehead atoms. The van der Waals surface area contributed by atoms with E-state index < -0.39 is 0 Å². The molecule has 2 heterocycles. The van der Waals surface area contributed by atoms with Gasteiger partial charge >= 0.3 is 0 Å². The van der Waals surface area contributed by atoms with Crippen molar-refractivity contribution in [1.29, 1.82) is 0 Å². The Morgan fingerprint density at radius 3 is 2.58 bits per heavy atom. The Hall–Kier alpha value is -2.75. The predicted octanol–water partition coefficient (Wildman–Crippen LogP) is 3.84. The minimum absolute atomic E-state index is 0.0696. The molecule has 2 N–H and O–H groups in total. The largest absolute Gasteiger partial charge is 0.376 e. The summed E-state index contributed by atoms with van der Waals surface area (Å²) >= 11 is 2.54. The van der Waals surface area contributed by atoms with E-state index in [1.54, 1.807) is 12.1 Å². The van der Waals surface area contributed by atoms with E-state index in [0.29, 0.717) is 21.6 Å². The number of hydrogen-bond donors (Lipinski definition) is 2. The first kappa shape index (κ1) is 21.5. The molecule has 9 heteroatoms. The summed E-state index contributed by atoms with van der Waals surface area (Å²) in [5, 5.41) is 14.1. The molecule has 7 nitrogen and oxygen atoms in total. The topological polar surface area (TPSA) is 93.2 Å². The number of amides is 2. The quantitative estimate of drug-likeness (QED) is 0.397. The molecule has 3 aromatic rings. The van der Waals surface area contributed by atoms with Gasteiger partial charge in [0.2, 0.25) is 11.0 Å². The number of nitrogens with one attached hydrogen (secondary N) is 2. The Labute approximate surface area is 188 Å². The van der Waals surface area contributed by atoms with Crippen molar-refractivity contribution in [3.8, 4) is 11.1 Å². The highest BCUT2D eigenvalue weighted by atomic mass is 32.2. The van der Waals surface area contributed by atoms with E-state index in [-0.39, 0.29) is 23.7 Å². The second-order valence-electron chi connectivity index (χ2n) is 7.00. The van der Waals surface area contributed by atoms with Gasteiger partial charge in [-0.25, -0.2) is 0 Å². The number of benzene rings is 2. The maximum atomic E-state index is 12.5. The zero-order valence-corrected chi connectivity index (χ0v) is 18.4. The van der Waals surface area contributed by atoms with Gasteiger partial charge in [-0.3, -0.25) is 14.9 Å². The zero-order chi connectivity index (χ0) is 21.5. The van der Waals surface area contributed by atoms with Crippen LogP contribution in [-0.2, 0) is 9.53 Å². The van der Waals surface area contributed by atoms with E-state index in [0.717, 1.165) is 30.6 Å². The number of ether oxygens (including phenoxy) is 1. The van der Waals surface area contributed by atoms with Crippen molar-refractivity contribution in [2.45, 2.75) is 23.3 Å². The first-order valence-corrected chi connectivity index (χ1v) is 11.8. The van der Waals surface area contributed by atoms with Gasteiger partial charge in [0.25, 0.3) is 5.91 Å². The molecular formula is C22H22N4O3S2. The van der Waals surface area contributed by atoms with Crippen molar-refractivity contribution >= 4 is 40.0 Å². The summed E-state index contributed by atoms with van der Waals surface area (Å²) in [5.41, 5.74) is 2.68. The van der Waals surface area contributed by atoms with Crippen LogP contribution in [0.1, 0.15) is 23.2 Å². The van der Waals surface area contributed by atoms with Crippen molar-refractivity contribution in [2.24, 2.45) is 0 Å². The van der Waals surface area contributed by atoms with Crippen LogP contribution in [0.4, 0.5) is 5.13 Å². The van der Waals surface area contributed by atoms with E-state index in [1.807, 2.05) is 42.5 Å². The third-order valence-electron chi connectivity index (χ3n) is 4.76. The number of rotatable bonds is 8. The van der Waals surface area contributed by atoms with Crippen LogP contribution in [0.2, 0.25) is 0 Å². The molecular weight excluding hydrogens is 432 g/mol. The zero-order valence-electron chi connectivity index (χ0n) is 16.7. The maximum Gasteiger partial charge on any atom is 0.257 e. The number of thioether (sulfide) groups is 1. The molecule has 0 radical (unpaired) electrons. The molecule has 0 unspecified atom stereocenters. The summed E-state index contributed by atoms with van der Waals surface area (Å²) < 4.78 is 6.12. The van der Waals surface area contributed by atoms with Crippen molar-refractivity contribution in [2.75, 3.05) is 24.2 Å². The highest BCUT2D eigenvalue weighted by molar-refractivity contribution is 8.01. The first-order chi connectivity index (χ1) is 15.2. The highest BCUT2D eigenvalue weighted by Crippen LogP contribution is 2.26. The lowest BCUT2D eigenvalue weighted by atomic mass is 10.0. The second kappa shape index (κ2) is 10.5. The molecule has 1 fully saturated rings. The predicted molar refractivity (Wildman–Crippen MR) is 122 cm³/mol. The van der Waals surface area contributed by atoms with E-state index in [1.165, 1.54) is 23.1 Å². The van der Waals surface area contributed by atoms with Gasteiger partial charge in [0.15, 0.2) is 4.34 Å². The van der Waals surface area contributed by atoms with E-state index >= 15 is 0 Å². The van der Waals surface area contributed by atoms with Crippen molar-refractivity contribution in [3.63, 3.8) is 0 Å². The summed E-state index contributed by atoms with van der Waals surface area (Å²) in [7, 11) is 0. The van der Waals surface area contributed by atoms with Gasteiger partial charge in [0, 0.05) is 18.7 Å². The monoisotopic (exact) mass is 454 g/mol. The summed E-state index contributed by atoms with van der Waals surface area (Å²) in [5.74, 6) is -0.0719. The highest BCUT2D eigenvalue weighted by Gasteiger charge is 2.17. The van der Waals surface area contributed by atoms with Gasteiger partial charge in [-0.15, -0.1) is 10.2 Å². The van der Waals surface area contributed by atoms with Gasteiger partial charge < -0.3 is 10.1 Å². The fourth-order valence-corrected chi connectivity index (χ4v) is 4.72. The lowest BCUT2D eigenvalue weighted by Crippen LogP contribution is -2.32. The van der Waals surface area contributed by atoms with Crippen LogP contribution in [0.25, 0.3) is 11.1 Å². The molecule has 1 saturated heterocycles. The molecule has 0 spiro atoms. The van der Waals surface area contributed by atoms with Crippen molar-refractivity contribution in [3.05, 3.63) is 60.2 Å². The van der Waals surface area contributed by atoms with Crippen LogP contribution in [0.15, 0.2) is 58.9 Å². The average Bonchev–Trinajstić information content (AvgIpc) is 3.49. The summed E-state index contributed by atoms with van der Waals surface area (Å²) in [4.78, 5) is 24.5. The smallest absolute Gasteiger partial charge is 0.257 e. The Morgan fingerprint density at radius 1 is 1.06 bits per heavy atom. The molecule has 1 aromatic heterocycles. The Morgan fingerprint density at radius 2 is 1.84 bits per heavy atom.